The summed E-state index contributed by atoms with van der Waals surface area (Å²) in [6.45, 7) is 2.86. The first-order valence-corrected chi connectivity index (χ1v) is 9.15. The number of nitrogen functional groups attached to an aromatic ring is 1. The Morgan fingerprint density at radius 2 is 2.00 bits per heavy atom. The lowest BCUT2D eigenvalue weighted by atomic mass is 10.2. The first-order chi connectivity index (χ1) is 12.0. The predicted octanol–water partition coefficient (Wildman–Crippen LogP) is 2.91. The van der Waals surface area contributed by atoms with Gasteiger partial charge in [0.25, 0.3) is 5.91 Å². The number of hydrazine groups is 1. The van der Waals surface area contributed by atoms with E-state index < -0.39 is 0 Å². The molecule has 0 aliphatic rings. The van der Waals surface area contributed by atoms with Gasteiger partial charge in [-0.15, -0.1) is 11.3 Å². The zero-order valence-corrected chi connectivity index (χ0v) is 15.9. The molecule has 0 aliphatic carbocycles. The average molecular weight is 379 g/mol. The molecule has 1 amide bonds. The monoisotopic (exact) mass is 378 g/mol. The van der Waals surface area contributed by atoms with Crippen LogP contribution in [0.4, 0.5) is 5.69 Å². The first kappa shape index (κ1) is 19.0. The van der Waals surface area contributed by atoms with Crippen LogP contribution in [0.3, 0.4) is 0 Å². The molecule has 6 nitrogen and oxygen atoms in total. The summed E-state index contributed by atoms with van der Waals surface area (Å²) in [4.78, 5) is 13.6. The molecule has 1 heterocycles. The van der Waals surface area contributed by atoms with E-state index in [1.54, 1.807) is 13.2 Å². The summed E-state index contributed by atoms with van der Waals surface area (Å²) in [5, 5.41) is 3.39. The Kier molecular flexibility index (Phi) is 7.03. The molecule has 0 unspecified atom stereocenters. The molecule has 1 aromatic carbocycles. The van der Waals surface area contributed by atoms with Crippen molar-refractivity contribution in [3.63, 3.8) is 0 Å². The normalized spacial score (nSPS) is 10.2. The summed E-state index contributed by atoms with van der Waals surface area (Å²) in [5.41, 5.74) is 12.6. The van der Waals surface area contributed by atoms with Crippen molar-refractivity contribution in [2.24, 2.45) is 0 Å². The molecule has 5 N–H and O–H groups in total. The second-order valence-corrected chi connectivity index (χ2v) is 6.77. The Morgan fingerprint density at radius 3 is 2.64 bits per heavy atom. The molecule has 0 radical (unpaired) electrons. The van der Waals surface area contributed by atoms with Gasteiger partial charge < -0.3 is 15.8 Å². The van der Waals surface area contributed by atoms with E-state index in [0.29, 0.717) is 15.7 Å². The fourth-order valence-electron chi connectivity index (χ4n) is 2.07. The van der Waals surface area contributed by atoms with Crippen molar-refractivity contribution >= 4 is 40.3 Å². The third kappa shape index (κ3) is 5.33. The Hall–Kier alpha value is -2.32. The van der Waals surface area contributed by atoms with E-state index in [1.807, 2.05) is 24.3 Å². The fraction of sp³-hybridized carbons (Fsp3) is 0.294. The maximum atomic E-state index is 12.3. The summed E-state index contributed by atoms with van der Waals surface area (Å²) in [6, 6.07) is 9.38. The number of nitrogens with two attached hydrogens (primary N) is 1. The maximum Gasteiger partial charge on any atom is 0.281 e. The quantitative estimate of drug-likeness (QED) is 0.351. The van der Waals surface area contributed by atoms with Crippen LogP contribution in [0, 0.1) is 0 Å². The molecule has 0 fully saturated rings. The zero-order chi connectivity index (χ0) is 18.2. The van der Waals surface area contributed by atoms with Gasteiger partial charge in [0.05, 0.1) is 12.8 Å². The van der Waals surface area contributed by atoms with Crippen molar-refractivity contribution in [3.8, 4) is 16.2 Å². The molecule has 25 heavy (non-hydrogen) atoms. The molecule has 134 valence electrons. The summed E-state index contributed by atoms with van der Waals surface area (Å²) < 4.78 is 5.15. The molecule has 0 saturated heterocycles. The Balaban J connectivity index is 1.98. The van der Waals surface area contributed by atoms with E-state index >= 15 is 0 Å². The van der Waals surface area contributed by atoms with Crippen LogP contribution in [0.5, 0.6) is 5.75 Å². The van der Waals surface area contributed by atoms with Gasteiger partial charge in [-0.25, -0.2) is 0 Å². The summed E-state index contributed by atoms with van der Waals surface area (Å²) >= 11 is 6.42. The molecule has 1 aromatic heterocycles. The largest absolute Gasteiger partial charge is 0.497 e. The molecular formula is C17H22N4O2S2. The molecule has 2 aromatic rings. The van der Waals surface area contributed by atoms with Gasteiger partial charge in [0, 0.05) is 11.4 Å². The standard InChI is InChI=1S/C17H22N4O2S2/c1-3-4-9-19-17(24)21-20-16(22)15-13(18)10-14(25-15)11-5-7-12(23-2)8-6-11/h5-8,10H,3-4,9,18H2,1-2H3,(H,20,22)(H2,19,21,24). The number of amides is 1. The van der Waals surface area contributed by atoms with Crippen LogP contribution in [-0.4, -0.2) is 24.7 Å². The third-order valence-electron chi connectivity index (χ3n) is 3.45. The Bertz CT molecular complexity index is 729. The molecule has 2 rings (SSSR count). The van der Waals surface area contributed by atoms with Gasteiger partial charge in [0.1, 0.15) is 10.6 Å². The van der Waals surface area contributed by atoms with Crippen LogP contribution in [0.15, 0.2) is 30.3 Å². The van der Waals surface area contributed by atoms with Crippen molar-refractivity contribution in [2.45, 2.75) is 19.8 Å². The van der Waals surface area contributed by atoms with Gasteiger partial charge >= 0.3 is 0 Å². The van der Waals surface area contributed by atoms with E-state index in [9.17, 15) is 4.79 Å². The number of ether oxygens (including phenoxy) is 1. The number of hydrogen-bond donors (Lipinski definition) is 4. The molecule has 0 saturated carbocycles. The van der Waals surface area contributed by atoms with Crippen LogP contribution in [0.1, 0.15) is 29.4 Å². The minimum atomic E-state index is -0.318. The summed E-state index contributed by atoms with van der Waals surface area (Å²) in [6.07, 6.45) is 2.08. The highest BCUT2D eigenvalue weighted by atomic mass is 32.1. The zero-order valence-electron chi connectivity index (χ0n) is 14.2. The number of nitrogens with one attached hydrogen (secondary N) is 3. The van der Waals surface area contributed by atoms with Crippen LogP contribution in [0.2, 0.25) is 0 Å². The minimum absolute atomic E-state index is 0.318. The van der Waals surface area contributed by atoms with Gasteiger partial charge in [0.2, 0.25) is 0 Å². The van der Waals surface area contributed by atoms with Crippen molar-refractivity contribution in [3.05, 3.63) is 35.2 Å². The number of carbonyl (C=O) groups excluding carboxylic acids is 1. The lowest BCUT2D eigenvalue weighted by Gasteiger charge is -2.10. The lowest BCUT2D eigenvalue weighted by Crippen LogP contribution is -2.46. The number of carbonyl (C=O) groups is 1. The fourth-order valence-corrected chi connectivity index (χ4v) is 3.21. The van der Waals surface area contributed by atoms with Crippen LogP contribution >= 0.6 is 23.6 Å². The van der Waals surface area contributed by atoms with Gasteiger partial charge in [-0.1, -0.05) is 13.3 Å². The maximum absolute atomic E-state index is 12.3. The van der Waals surface area contributed by atoms with Gasteiger partial charge in [-0.3, -0.25) is 15.6 Å². The Morgan fingerprint density at radius 1 is 1.28 bits per heavy atom. The first-order valence-electron chi connectivity index (χ1n) is 7.93. The number of anilines is 1. The van der Waals surface area contributed by atoms with E-state index in [1.165, 1.54) is 11.3 Å². The number of benzene rings is 1. The number of rotatable bonds is 6. The topological polar surface area (TPSA) is 88.4 Å². The lowest BCUT2D eigenvalue weighted by molar-refractivity contribution is 0.0948. The van der Waals surface area contributed by atoms with Crippen molar-refractivity contribution in [2.75, 3.05) is 19.4 Å². The van der Waals surface area contributed by atoms with Gasteiger partial charge in [0.15, 0.2) is 5.11 Å². The van der Waals surface area contributed by atoms with Crippen molar-refractivity contribution in [1.29, 1.82) is 0 Å². The van der Waals surface area contributed by atoms with E-state index in [4.69, 9.17) is 22.7 Å². The van der Waals surface area contributed by atoms with Crippen LogP contribution in [0.25, 0.3) is 10.4 Å². The van der Waals surface area contributed by atoms with Crippen molar-refractivity contribution in [1.82, 2.24) is 16.2 Å². The number of unbranched alkanes of at least 4 members (excludes halogenated alkanes) is 1. The second kappa shape index (κ2) is 9.24. The highest BCUT2D eigenvalue weighted by Gasteiger charge is 2.15. The van der Waals surface area contributed by atoms with Gasteiger partial charge in [-0.2, -0.15) is 0 Å². The van der Waals surface area contributed by atoms with E-state index in [0.717, 1.165) is 35.6 Å². The third-order valence-corrected chi connectivity index (χ3v) is 4.89. The number of thiocarbonyl (C=S) groups is 1. The molecular weight excluding hydrogens is 356 g/mol. The summed E-state index contributed by atoms with van der Waals surface area (Å²) in [7, 11) is 1.62. The Labute approximate surface area is 156 Å². The molecule has 0 atom stereocenters. The average Bonchev–Trinajstić information content (AvgIpc) is 3.02. The SMILES string of the molecule is CCCCNC(=S)NNC(=O)c1sc(-c2ccc(OC)cc2)cc1N. The number of thiophene rings is 1. The predicted molar refractivity (Wildman–Crippen MR) is 107 cm³/mol. The minimum Gasteiger partial charge on any atom is -0.497 e. The smallest absolute Gasteiger partial charge is 0.281 e. The highest BCUT2D eigenvalue weighted by molar-refractivity contribution is 7.80. The molecule has 0 aliphatic heterocycles. The highest BCUT2D eigenvalue weighted by Crippen LogP contribution is 2.33. The van der Waals surface area contributed by atoms with E-state index in [-0.39, 0.29) is 5.91 Å². The van der Waals surface area contributed by atoms with Gasteiger partial charge in [-0.05, 0) is 54.5 Å². The van der Waals surface area contributed by atoms with Crippen LogP contribution in [-0.2, 0) is 0 Å². The van der Waals surface area contributed by atoms with Crippen LogP contribution < -0.4 is 26.6 Å². The summed E-state index contributed by atoms with van der Waals surface area (Å²) in [5.74, 6) is 0.460. The molecule has 8 heteroatoms. The second-order valence-electron chi connectivity index (χ2n) is 5.31. The van der Waals surface area contributed by atoms with E-state index in [2.05, 4.69) is 23.1 Å². The molecule has 0 bridgehead atoms. The molecule has 0 spiro atoms. The number of methoxy groups -OCH3 is 1. The number of hydrogen-bond acceptors (Lipinski definition) is 5. The van der Waals surface area contributed by atoms with Crippen molar-refractivity contribution < 1.29 is 9.53 Å².